The standard InChI is InChI=1S/C15H18N4OS/c1-10(2)8-13-17-18-14(20-13)11(3)21-15-16-9-12-6-4-5-7-19(12)15/h4-7,9-11H,8H2,1-3H3. The molecule has 6 heteroatoms. The lowest BCUT2D eigenvalue weighted by Crippen LogP contribution is -1.93. The molecule has 110 valence electrons. The van der Waals surface area contributed by atoms with E-state index in [0.29, 0.717) is 17.7 Å². The van der Waals surface area contributed by atoms with Crippen LogP contribution >= 0.6 is 11.8 Å². The van der Waals surface area contributed by atoms with Crippen LogP contribution in [0.25, 0.3) is 5.52 Å². The topological polar surface area (TPSA) is 56.2 Å². The fourth-order valence-corrected chi connectivity index (χ4v) is 2.98. The van der Waals surface area contributed by atoms with Gasteiger partial charge in [0.05, 0.1) is 17.0 Å². The van der Waals surface area contributed by atoms with Gasteiger partial charge in [0.15, 0.2) is 5.16 Å². The average molecular weight is 302 g/mol. The maximum absolute atomic E-state index is 5.74. The molecule has 0 aliphatic heterocycles. The van der Waals surface area contributed by atoms with Crippen LogP contribution < -0.4 is 0 Å². The Morgan fingerprint density at radius 3 is 2.90 bits per heavy atom. The highest BCUT2D eigenvalue weighted by molar-refractivity contribution is 7.99. The Hall–Kier alpha value is -1.82. The predicted molar refractivity (Wildman–Crippen MR) is 82.3 cm³/mol. The minimum absolute atomic E-state index is 0.0734. The van der Waals surface area contributed by atoms with Gasteiger partial charge in [-0.25, -0.2) is 4.98 Å². The number of fused-ring (bicyclic) bond motifs is 1. The van der Waals surface area contributed by atoms with E-state index in [2.05, 4.69) is 40.4 Å². The molecule has 1 atom stereocenters. The van der Waals surface area contributed by atoms with Crippen molar-refractivity contribution in [2.75, 3.05) is 0 Å². The monoisotopic (exact) mass is 302 g/mol. The third-order valence-corrected chi connectivity index (χ3v) is 4.17. The second kappa shape index (κ2) is 5.89. The summed E-state index contributed by atoms with van der Waals surface area (Å²) in [6.07, 6.45) is 4.69. The fraction of sp³-hybridized carbons (Fsp3) is 0.400. The summed E-state index contributed by atoms with van der Waals surface area (Å²) < 4.78 is 7.80. The van der Waals surface area contributed by atoms with Gasteiger partial charge in [0, 0.05) is 12.6 Å². The minimum atomic E-state index is 0.0734. The molecule has 3 aromatic heterocycles. The van der Waals surface area contributed by atoms with Crippen molar-refractivity contribution in [3.8, 4) is 0 Å². The molecule has 0 saturated carbocycles. The van der Waals surface area contributed by atoms with Gasteiger partial charge in [0.1, 0.15) is 0 Å². The summed E-state index contributed by atoms with van der Waals surface area (Å²) in [5, 5.41) is 9.27. The first-order valence-corrected chi connectivity index (χ1v) is 7.92. The molecule has 0 N–H and O–H groups in total. The van der Waals surface area contributed by atoms with E-state index in [1.807, 2.05) is 30.6 Å². The van der Waals surface area contributed by atoms with E-state index >= 15 is 0 Å². The van der Waals surface area contributed by atoms with Gasteiger partial charge < -0.3 is 4.42 Å². The van der Waals surface area contributed by atoms with Crippen LogP contribution in [-0.2, 0) is 6.42 Å². The van der Waals surface area contributed by atoms with Crippen LogP contribution in [-0.4, -0.2) is 19.6 Å². The van der Waals surface area contributed by atoms with Crippen molar-refractivity contribution in [1.29, 1.82) is 0 Å². The Balaban J connectivity index is 1.76. The molecule has 0 amide bonds. The zero-order valence-electron chi connectivity index (χ0n) is 12.4. The van der Waals surface area contributed by atoms with Gasteiger partial charge in [0.2, 0.25) is 11.8 Å². The first kappa shape index (κ1) is 14.1. The number of hydrogen-bond acceptors (Lipinski definition) is 5. The molecule has 21 heavy (non-hydrogen) atoms. The smallest absolute Gasteiger partial charge is 0.229 e. The van der Waals surface area contributed by atoms with E-state index in [0.717, 1.165) is 17.1 Å². The van der Waals surface area contributed by atoms with Gasteiger partial charge in [-0.1, -0.05) is 31.7 Å². The minimum Gasteiger partial charge on any atom is -0.424 e. The quantitative estimate of drug-likeness (QED) is 0.671. The third-order valence-electron chi connectivity index (χ3n) is 3.10. The highest BCUT2D eigenvalue weighted by Gasteiger charge is 2.18. The number of aromatic nitrogens is 4. The number of hydrogen-bond donors (Lipinski definition) is 0. The molecule has 3 rings (SSSR count). The Morgan fingerprint density at radius 2 is 2.10 bits per heavy atom. The fourth-order valence-electron chi connectivity index (χ4n) is 2.08. The summed E-state index contributed by atoms with van der Waals surface area (Å²) in [7, 11) is 0. The van der Waals surface area contributed by atoms with E-state index < -0.39 is 0 Å². The first-order chi connectivity index (χ1) is 10.1. The molecule has 3 heterocycles. The Labute approximate surface area is 127 Å². The summed E-state index contributed by atoms with van der Waals surface area (Å²) in [4.78, 5) is 4.45. The van der Waals surface area contributed by atoms with Gasteiger partial charge in [0.25, 0.3) is 0 Å². The van der Waals surface area contributed by atoms with Gasteiger partial charge in [-0.05, 0) is 25.0 Å². The highest BCUT2D eigenvalue weighted by atomic mass is 32.2. The Kier molecular flexibility index (Phi) is 3.96. The largest absolute Gasteiger partial charge is 0.424 e. The molecular formula is C15H18N4OS. The van der Waals surface area contributed by atoms with Crippen molar-refractivity contribution in [3.05, 3.63) is 42.4 Å². The molecule has 0 saturated heterocycles. The normalized spacial score (nSPS) is 13.1. The van der Waals surface area contributed by atoms with E-state index in [9.17, 15) is 0 Å². The molecule has 5 nitrogen and oxygen atoms in total. The Bertz CT molecular complexity index is 734. The lowest BCUT2D eigenvalue weighted by molar-refractivity contribution is 0.426. The predicted octanol–water partition coefficient (Wildman–Crippen LogP) is 3.77. The summed E-state index contributed by atoms with van der Waals surface area (Å²) in [5.74, 6) is 1.88. The maximum Gasteiger partial charge on any atom is 0.229 e. The van der Waals surface area contributed by atoms with E-state index in [1.54, 1.807) is 11.8 Å². The second-order valence-electron chi connectivity index (χ2n) is 5.43. The number of pyridine rings is 1. The summed E-state index contributed by atoms with van der Waals surface area (Å²) in [5.41, 5.74) is 1.08. The summed E-state index contributed by atoms with van der Waals surface area (Å²) in [6, 6.07) is 6.04. The molecule has 0 spiro atoms. The van der Waals surface area contributed by atoms with E-state index in [1.165, 1.54) is 0 Å². The van der Waals surface area contributed by atoms with Crippen molar-refractivity contribution in [2.45, 2.75) is 37.6 Å². The summed E-state index contributed by atoms with van der Waals surface area (Å²) >= 11 is 1.62. The number of nitrogens with zero attached hydrogens (tertiary/aromatic N) is 4. The van der Waals surface area contributed by atoms with Gasteiger partial charge in [-0.15, -0.1) is 10.2 Å². The lowest BCUT2D eigenvalue weighted by atomic mass is 10.1. The Morgan fingerprint density at radius 1 is 1.24 bits per heavy atom. The summed E-state index contributed by atoms with van der Waals surface area (Å²) in [6.45, 7) is 6.33. The van der Waals surface area contributed by atoms with Crippen LogP contribution in [0, 0.1) is 5.92 Å². The lowest BCUT2D eigenvalue weighted by Gasteiger charge is -2.05. The molecule has 0 aliphatic rings. The number of rotatable bonds is 5. The second-order valence-corrected chi connectivity index (χ2v) is 6.74. The third kappa shape index (κ3) is 3.10. The van der Waals surface area contributed by atoms with Gasteiger partial charge in [-0.2, -0.15) is 0 Å². The van der Waals surface area contributed by atoms with Crippen LogP contribution in [0.3, 0.4) is 0 Å². The zero-order valence-corrected chi connectivity index (χ0v) is 13.2. The molecular weight excluding hydrogens is 284 g/mol. The first-order valence-electron chi connectivity index (χ1n) is 7.04. The molecule has 0 bridgehead atoms. The number of imidazole rings is 1. The maximum atomic E-state index is 5.74. The SMILES string of the molecule is CC(C)Cc1nnc(C(C)Sc2ncc3ccccn23)o1. The van der Waals surface area contributed by atoms with E-state index in [4.69, 9.17) is 4.42 Å². The zero-order chi connectivity index (χ0) is 14.8. The highest BCUT2D eigenvalue weighted by Crippen LogP contribution is 2.33. The van der Waals surface area contributed by atoms with Crippen LogP contribution in [0.2, 0.25) is 0 Å². The molecule has 0 fully saturated rings. The average Bonchev–Trinajstić information content (AvgIpc) is 3.06. The molecule has 1 unspecified atom stereocenters. The van der Waals surface area contributed by atoms with E-state index in [-0.39, 0.29) is 5.25 Å². The van der Waals surface area contributed by atoms with Crippen molar-refractivity contribution in [3.63, 3.8) is 0 Å². The van der Waals surface area contributed by atoms with Gasteiger partial charge in [-0.3, -0.25) is 4.40 Å². The van der Waals surface area contributed by atoms with Crippen LogP contribution in [0.5, 0.6) is 0 Å². The number of thioether (sulfide) groups is 1. The van der Waals surface area contributed by atoms with Crippen molar-refractivity contribution in [2.24, 2.45) is 5.92 Å². The van der Waals surface area contributed by atoms with Crippen LogP contribution in [0.15, 0.2) is 40.2 Å². The van der Waals surface area contributed by atoms with Crippen LogP contribution in [0.1, 0.15) is 37.8 Å². The molecule has 0 aromatic carbocycles. The molecule has 0 aliphatic carbocycles. The van der Waals surface area contributed by atoms with Gasteiger partial charge >= 0.3 is 0 Å². The van der Waals surface area contributed by atoms with Crippen LogP contribution in [0.4, 0.5) is 0 Å². The molecule has 0 radical (unpaired) electrons. The van der Waals surface area contributed by atoms with Crippen molar-refractivity contribution in [1.82, 2.24) is 19.6 Å². The molecule has 3 aromatic rings. The van der Waals surface area contributed by atoms with Crippen molar-refractivity contribution >= 4 is 17.3 Å². The van der Waals surface area contributed by atoms with Crippen molar-refractivity contribution < 1.29 is 4.42 Å².